The van der Waals surface area contributed by atoms with Gasteiger partial charge in [-0.2, -0.15) is 0 Å². The second kappa shape index (κ2) is 6.35. The molecule has 0 amide bonds. The molecule has 1 aromatic rings. The Bertz CT molecular complexity index is 352. The van der Waals surface area contributed by atoms with E-state index in [9.17, 15) is 0 Å². The fraction of sp³-hybridized carbons (Fsp3) is 0.625. The zero-order valence-electron chi connectivity index (χ0n) is 12.5. The van der Waals surface area contributed by atoms with E-state index in [0.29, 0.717) is 5.92 Å². The van der Waals surface area contributed by atoms with Gasteiger partial charge in [0, 0.05) is 0 Å². The summed E-state index contributed by atoms with van der Waals surface area (Å²) in [4.78, 5) is 11.0. The summed E-state index contributed by atoms with van der Waals surface area (Å²) in [6, 6.07) is 8.56. The first-order chi connectivity index (χ1) is 8.36. The monoisotopic (exact) mass is 250 g/mol. The molecular weight excluding hydrogens is 224 g/mol. The van der Waals surface area contributed by atoms with Crippen molar-refractivity contribution < 1.29 is 9.78 Å². The molecule has 0 aromatic heterocycles. The van der Waals surface area contributed by atoms with Gasteiger partial charge in [0.15, 0.2) is 0 Å². The Morgan fingerprint density at radius 3 is 2.06 bits per heavy atom. The molecule has 2 nitrogen and oxygen atoms in total. The van der Waals surface area contributed by atoms with Crippen molar-refractivity contribution in [2.45, 2.75) is 65.6 Å². The zero-order chi connectivity index (χ0) is 13.8. The molecule has 1 aromatic carbocycles. The van der Waals surface area contributed by atoms with Crippen molar-refractivity contribution in [3.05, 3.63) is 35.4 Å². The van der Waals surface area contributed by atoms with E-state index in [1.165, 1.54) is 5.56 Å². The third-order valence-electron chi connectivity index (χ3n) is 3.27. The smallest absolute Gasteiger partial charge is 0.123 e. The van der Waals surface area contributed by atoms with Crippen LogP contribution >= 0.6 is 0 Å². The van der Waals surface area contributed by atoms with Crippen LogP contribution in [0.5, 0.6) is 0 Å². The van der Waals surface area contributed by atoms with Gasteiger partial charge >= 0.3 is 0 Å². The lowest BCUT2D eigenvalue weighted by Gasteiger charge is -2.26. The van der Waals surface area contributed by atoms with Crippen LogP contribution in [0.25, 0.3) is 0 Å². The van der Waals surface area contributed by atoms with Crippen LogP contribution in [-0.2, 0) is 15.4 Å². The summed E-state index contributed by atoms with van der Waals surface area (Å²) in [7, 11) is 0. The molecule has 0 saturated carbocycles. The summed E-state index contributed by atoms with van der Waals surface area (Å²) in [5, 5.41) is 0. The molecule has 0 saturated heterocycles. The Labute approximate surface area is 111 Å². The van der Waals surface area contributed by atoms with E-state index in [4.69, 9.17) is 9.78 Å². The van der Waals surface area contributed by atoms with E-state index in [2.05, 4.69) is 45.0 Å². The number of hydrogen-bond acceptors (Lipinski definition) is 2. The average molecular weight is 250 g/mol. The predicted molar refractivity (Wildman–Crippen MR) is 75.5 cm³/mol. The Kier molecular flexibility index (Phi) is 5.36. The highest BCUT2D eigenvalue weighted by atomic mass is 17.2. The van der Waals surface area contributed by atoms with Crippen LogP contribution in [0.2, 0.25) is 0 Å². The van der Waals surface area contributed by atoms with E-state index in [1.54, 1.807) is 0 Å². The lowest BCUT2D eigenvalue weighted by molar-refractivity contribution is -0.379. The maximum Gasteiger partial charge on any atom is 0.123 e. The van der Waals surface area contributed by atoms with Crippen molar-refractivity contribution in [1.82, 2.24) is 0 Å². The Morgan fingerprint density at radius 2 is 1.61 bits per heavy atom. The molecule has 0 N–H and O–H groups in total. The molecule has 0 radical (unpaired) electrons. The van der Waals surface area contributed by atoms with Crippen molar-refractivity contribution in [3.8, 4) is 0 Å². The second-order valence-corrected chi connectivity index (χ2v) is 5.69. The highest BCUT2D eigenvalue weighted by Gasteiger charge is 2.23. The van der Waals surface area contributed by atoms with Crippen molar-refractivity contribution in [2.75, 3.05) is 0 Å². The van der Waals surface area contributed by atoms with Gasteiger partial charge in [0.2, 0.25) is 0 Å². The molecule has 18 heavy (non-hydrogen) atoms. The molecule has 0 heterocycles. The maximum atomic E-state index is 5.57. The third kappa shape index (κ3) is 4.11. The van der Waals surface area contributed by atoms with Gasteiger partial charge < -0.3 is 0 Å². The van der Waals surface area contributed by atoms with Gasteiger partial charge in [-0.25, -0.2) is 9.78 Å². The lowest BCUT2D eigenvalue weighted by atomic mass is 9.94. The van der Waals surface area contributed by atoms with Crippen LogP contribution in [0.15, 0.2) is 24.3 Å². The van der Waals surface area contributed by atoms with Crippen LogP contribution in [0, 0.1) is 0 Å². The second-order valence-electron chi connectivity index (χ2n) is 5.69. The highest BCUT2D eigenvalue weighted by Crippen LogP contribution is 2.27. The van der Waals surface area contributed by atoms with Crippen LogP contribution in [0.1, 0.15) is 65.0 Å². The van der Waals surface area contributed by atoms with Gasteiger partial charge in [-0.1, -0.05) is 45.0 Å². The molecule has 102 valence electrons. The Morgan fingerprint density at radius 1 is 1.06 bits per heavy atom. The number of benzene rings is 1. The highest BCUT2D eigenvalue weighted by molar-refractivity contribution is 5.27. The molecule has 0 aliphatic carbocycles. The summed E-state index contributed by atoms with van der Waals surface area (Å²) in [5.74, 6) is 0.555. The summed E-state index contributed by atoms with van der Waals surface area (Å²) in [6.45, 7) is 12.5. The molecule has 2 heteroatoms. The molecule has 1 unspecified atom stereocenters. The molecule has 0 spiro atoms. The summed E-state index contributed by atoms with van der Waals surface area (Å²) < 4.78 is 0. The first-order valence-electron chi connectivity index (χ1n) is 6.81. The van der Waals surface area contributed by atoms with E-state index in [1.807, 2.05) is 20.8 Å². The zero-order valence-corrected chi connectivity index (χ0v) is 12.5. The predicted octanol–water partition coefficient (Wildman–Crippen LogP) is 4.79. The van der Waals surface area contributed by atoms with Gasteiger partial charge in [0.1, 0.15) is 5.60 Å². The summed E-state index contributed by atoms with van der Waals surface area (Å²) in [6.07, 6.45) is 1.07. The lowest BCUT2D eigenvalue weighted by Crippen LogP contribution is -2.24. The quantitative estimate of drug-likeness (QED) is 0.533. The minimum atomic E-state index is -0.418. The Balaban J connectivity index is 2.72. The van der Waals surface area contributed by atoms with E-state index in [-0.39, 0.29) is 6.10 Å². The van der Waals surface area contributed by atoms with E-state index < -0.39 is 5.60 Å². The van der Waals surface area contributed by atoms with Gasteiger partial charge in [-0.15, -0.1) is 0 Å². The van der Waals surface area contributed by atoms with Gasteiger partial charge in [-0.05, 0) is 44.2 Å². The average Bonchev–Trinajstić information content (AvgIpc) is 2.36. The molecule has 1 rings (SSSR count). The van der Waals surface area contributed by atoms with Crippen molar-refractivity contribution in [3.63, 3.8) is 0 Å². The number of hydrogen-bond donors (Lipinski definition) is 0. The molecular formula is C16H26O2. The maximum absolute atomic E-state index is 5.57. The SMILES string of the molecule is CCC(C)OOC(C)(C)c1ccc(C(C)C)cc1. The van der Waals surface area contributed by atoms with Gasteiger partial charge in [-0.3, -0.25) is 0 Å². The normalized spacial score (nSPS) is 13.9. The van der Waals surface area contributed by atoms with Crippen molar-refractivity contribution in [2.24, 2.45) is 0 Å². The van der Waals surface area contributed by atoms with Gasteiger partial charge in [0.05, 0.1) is 6.10 Å². The van der Waals surface area contributed by atoms with Crippen LogP contribution in [0.3, 0.4) is 0 Å². The summed E-state index contributed by atoms with van der Waals surface area (Å²) >= 11 is 0. The first-order valence-corrected chi connectivity index (χ1v) is 6.81. The molecule has 0 fully saturated rings. The molecule has 1 atom stereocenters. The number of rotatable bonds is 6. The molecule has 0 aliphatic rings. The fourth-order valence-electron chi connectivity index (χ4n) is 1.59. The van der Waals surface area contributed by atoms with E-state index >= 15 is 0 Å². The topological polar surface area (TPSA) is 18.5 Å². The van der Waals surface area contributed by atoms with Crippen molar-refractivity contribution >= 4 is 0 Å². The van der Waals surface area contributed by atoms with Crippen LogP contribution in [-0.4, -0.2) is 6.10 Å². The van der Waals surface area contributed by atoms with Crippen molar-refractivity contribution in [1.29, 1.82) is 0 Å². The minimum absolute atomic E-state index is 0.124. The first kappa shape index (κ1) is 15.2. The largest absolute Gasteiger partial charge is 0.233 e. The Hall–Kier alpha value is -0.860. The van der Waals surface area contributed by atoms with Crippen LogP contribution in [0.4, 0.5) is 0 Å². The standard InChI is InChI=1S/C16H26O2/c1-7-13(4)17-18-16(5,6)15-10-8-14(9-11-15)12(2)3/h8-13H,7H2,1-6H3. The van der Waals surface area contributed by atoms with Crippen LogP contribution < -0.4 is 0 Å². The third-order valence-corrected chi connectivity index (χ3v) is 3.27. The molecule has 0 aliphatic heterocycles. The summed E-state index contributed by atoms with van der Waals surface area (Å²) in [5.41, 5.74) is 2.06. The molecule has 0 bridgehead atoms. The van der Waals surface area contributed by atoms with E-state index in [0.717, 1.165) is 12.0 Å². The van der Waals surface area contributed by atoms with Gasteiger partial charge in [0.25, 0.3) is 0 Å². The minimum Gasteiger partial charge on any atom is -0.233 e. The fourth-order valence-corrected chi connectivity index (χ4v) is 1.59.